The Kier molecular flexibility index (Phi) is 4.81. The molecule has 1 fully saturated rings. The number of anilines is 1. The molecule has 3 aromatic rings. The van der Waals surface area contributed by atoms with Gasteiger partial charge in [0.05, 0.1) is 22.7 Å². The summed E-state index contributed by atoms with van der Waals surface area (Å²) in [4.78, 5) is 2.24. The van der Waals surface area contributed by atoms with Gasteiger partial charge in [-0.05, 0) is 44.6 Å². The van der Waals surface area contributed by atoms with Gasteiger partial charge in [-0.15, -0.1) is 10.2 Å². The topological polar surface area (TPSA) is 79.1 Å². The number of halogens is 3. The van der Waals surface area contributed by atoms with Crippen molar-refractivity contribution >= 4 is 16.7 Å². The van der Waals surface area contributed by atoms with Crippen molar-refractivity contribution in [2.24, 2.45) is 7.05 Å². The predicted octanol–water partition coefficient (Wildman–Crippen LogP) is 3.26. The first-order valence-corrected chi connectivity index (χ1v) is 9.28. The molecule has 2 aromatic heterocycles. The first-order chi connectivity index (χ1) is 13.7. The molecule has 0 radical (unpaired) electrons. The third kappa shape index (κ3) is 3.71. The molecular formula is C19H21F3N6O. The molecule has 0 unspecified atom stereocenters. The third-order valence-electron chi connectivity index (χ3n) is 5.21. The maximum atomic E-state index is 12.9. The molecule has 1 aliphatic rings. The Hall–Kier alpha value is -2.88. The van der Waals surface area contributed by atoms with Crippen molar-refractivity contribution in [2.75, 3.05) is 25.5 Å². The molecule has 7 nitrogen and oxygen atoms in total. The van der Waals surface area contributed by atoms with Gasteiger partial charge < -0.3 is 15.3 Å². The highest BCUT2D eigenvalue weighted by molar-refractivity contribution is 5.98. The lowest BCUT2D eigenvalue weighted by atomic mass is 10.0. The summed E-state index contributed by atoms with van der Waals surface area (Å²) in [6, 6.07) is 3.04. The molecule has 2 N–H and O–H groups in total. The van der Waals surface area contributed by atoms with Crippen molar-refractivity contribution in [3.8, 4) is 17.0 Å². The van der Waals surface area contributed by atoms with E-state index in [1.807, 2.05) is 0 Å². The largest absolute Gasteiger partial charge is 0.507 e. The Morgan fingerprint density at radius 2 is 2.00 bits per heavy atom. The van der Waals surface area contributed by atoms with Crippen molar-refractivity contribution in [1.29, 1.82) is 0 Å². The minimum absolute atomic E-state index is 0.169. The molecule has 10 heteroatoms. The molecule has 4 rings (SSSR count). The number of hydrogen-bond acceptors (Lipinski definition) is 6. The minimum Gasteiger partial charge on any atom is -0.507 e. The van der Waals surface area contributed by atoms with Crippen molar-refractivity contribution < 1.29 is 18.3 Å². The summed E-state index contributed by atoms with van der Waals surface area (Å²) in [6.07, 6.45) is -0.807. The summed E-state index contributed by atoms with van der Waals surface area (Å²) < 4.78 is 40.3. The summed E-state index contributed by atoms with van der Waals surface area (Å²) in [5.41, 5.74) is 0.106. The van der Waals surface area contributed by atoms with Crippen molar-refractivity contribution in [3.05, 3.63) is 30.0 Å². The number of fused-ring (bicyclic) bond motifs is 1. The molecule has 1 saturated heterocycles. The molecule has 0 amide bonds. The second-order valence-corrected chi connectivity index (χ2v) is 7.40. The normalized spacial score (nSPS) is 18.3. The van der Waals surface area contributed by atoms with E-state index in [0.29, 0.717) is 22.8 Å². The summed E-state index contributed by atoms with van der Waals surface area (Å²) in [5, 5.41) is 27.1. The highest BCUT2D eigenvalue weighted by Crippen LogP contribution is 2.38. The number of aromatic hydroxyl groups is 1. The fraction of sp³-hybridized carbons (Fsp3) is 0.421. The molecule has 29 heavy (non-hydrogen) atoms. The van der Waals surface area contributed by atoms with Gasteiger partial charge in [-0.3, -0.25) is 4.68 Å². The van der Waals surface area contributed by atoms with Crippen LogP contribution in [0, 0.1) is 0 Å². The van der Waals surface area contributed by atoms with Gasteiger partial charge in [0.2, 0.25) is 0 Å². The smallest absolute Gasteiger partial charge is 0.416 e. The van der Waals surface area contributed by atoms with E-state index in [0.717, 1.165) is 32.0 Å². The minimum atomic E-state index is -4.54. The van der Waals surface area contributed by atoms with Crippen molar-refractivity contribution in [2.45, 2.75) is 25.1 Å². The first kappa shape index (κ1) is 19.4. The van der Waals surface area contributed by atoms with Crippen molar-refractivity contribution in [3.63, 3.8) is 0 Å². The number of nitrogens with one attached hydrogen (secondary N) is 1. The van der Waals surface area contributed by atoms with Crippen LogP contribution in [0.5, 0.6) is 5.75 Å². The lowest BCUT2D eigenvalue weighted by molar-refractivity contribution is -0.137. The average molecular weight is 406 g/mol. The number of likely N-dealkylation sites (N-methyl/N-ethyl adjacent to an activating group) is 1. The van der Waals surface area contributed by atoms with Crippen LogP contribution < -0.4 is 5.32 Å². The Bertz CT molecular complexity index is 1050. The van der Waals surface area contributed by atoms with E-state index in [1.54, 1.807) is 17.9 Å². The second-order valence-electron chi connectivity index (χ2n) is 7.40. The SMILES string of the molecule is CN1CCC[C@@H](Nc2nnc(-c3ccc(C(F)(F)F)cc3O)c3c2cnn3C)C1. The van der Waals surface area contributed by atoms with Crippen LogP contribution in [0.2, 0.25) is 0 Å². The van der Waals surface area contributed by atoms with E-state index in [-0.39, 0.29) is 17.3 Å². The number of rotatable bonds is 3. The summed E-state index contributed by atoms with van der Waals surface area (Å²) >= 11 is 0. The molecule has 0 spiro atoms. The number of alkyl halides is 3. The van der Waals surface area contributed by atoms with Gasteiger partial charge in [0.1, 0.15) is 11.4 Å². The predicted molar refractivity (Wildman–Crippen MR) is 103 cm³/mol. The zero-order valence-electron chi connectivity index (χ0n) is 16.0. The average Bonchev–Trinajstić information content (AvgIpc) is 3.04. The fourth-order valence-corrected chi connectivity index (χ4v) is 3.77. The Morgan fingerprint density at radius 3 is 2.69 bits per heavy atom. The van der Waals surface area contributed by atoms with Gasteiger partial charge >= 0.3 is 6.18 Å². The van der Waals surface area contributed by atoms with Gasteiger partial charge in [0.25, 0.3) is 0 Å². The maximum Gasteiger partial charge on any atom is 0.416 e. The number of phenols is 1. The summed E-state index contributed by atoms with van der Waals surface area (Å²) in [7, 11) is 3.78. The summed E-state index contributed by atoms with van der Waals surface area (Å²) in [6.45, 7) is 1.93. The van der Waals surface area contributed by atoms with E-state index in [1.165, 1.54) is 6.07 Å². The number of nitrogens with zero attached hydrogens (tertiary/aromatic N) is 5. The van der Waals surface area contributed by atoms with Crippen LogP contribution in [0.15, 0.2) is 24.4 Å². The lowest BCUT2D eigenvalue weighted by Crippen LogP contribution is -2.40. The number of benzene rings is 1. The van der Waals surface area contributed by atoms with Crippen LogP contribution in [0.25, 0.3) is 22.2 Å². The fourth-order valence-electron chi connectivity index (χ4n) is 3.77. The second kappa shape index (κ2) is 7.18. The molecular weight excluding hydrogens is 385 g/mol. The zero-order valence-corrected chi connectivity index (χ0v) is 16.0. The van der Waals surface area contributed by atoms with E-state index < -0.39 is 17.5 Å². The monoisotopic (exact) mass is 406 g/mol. The number of piperidine rings is 1. The van der Waals surface area contributed by atoms with Gasteiger partial charge in [-0.25, -0.2) is 0 Å². The van der Waals surface area contributed by atoms with Crippen LogP contribution in [-0.2, 0) is 13.2 Å². The van der Waals surface area contributed by atoms with Gasteiger partial charge in [0, 0.05) is 25.2 Å². The maximum absolute atomic E-state index is 12.9. The molecule has 0 aliphatic carbocycles. The molecule has 0 saturated carbocycles. The first-order valence-electron chi connectivity index (χ1n) is 9.28. The number of hydrogen-bond donors (Lipinski definition) is 2. The highest BCUT2D eigenvalue weighted by Gasteiger charge is 2.31. The Morgan fingerprint density at radius 1 is 1.21 bits per heavy atom. The standard InChI is InChI=1S/C19H21F3N6O/c1-27-7-3-4-12(10-27)24-18-14-9-23-28(2)17(14)16(25-26-18)13-6-5-11(8-15(13)29)19(20,21)22/h5-6,8-9,12,29H,3-4,7,10H2,1-2H3,(H,24,26)/t12-/m1/s1. The Labute approximate surface area is 165 Å². The molecule has 3 heterocycles. The van der Waals surface area contributed by atoms with Gasteiger partial charge in [-0.2, -0.15) is 18.3 Å². The highest BCUT2D eigenvalue weighted by atomic mass is 19.4. The molecule has 1 aromatic carbocycles. The van der Waals surface area contributed by atoms with Crippen LogP contribution in [-0.4, -0.2) is 56.2 Å². The summed E-state index contributed by atoms with van der Waals surface area (Å²) in [5.74, 6) is 0.0646. The van der Waals surface area contributed by atoms with Crippen LogP contribution >= 0.6 is 0 Å². The van der Waals surface area contributed by atoms with Gasteiger partial charge in [0.15, 0.2) is 5.82 Å². The molecule has 0 bridgehead atoms. The van der Waals surface area contributed by atoms with Gasteiger partial charge in [-0.1, -0.05) is 0 Å². The zero-order chi connectivity index (χ0) is 20.8. The van der Waals surface area contributed by atoms with Crippen LogP contribution in [0.4, 0.5) is 19.0 Å². The number of aromatic nitrogens is 4. The van der Waals surface area contributed by atoms with E-state index in [2.05, 4.69) is 32.6 Å². The van der Waals surface area contributed by atoms with E-state index in [4.69, 9.17) is 0 Å². The molecule has 1 aliphatic heterocycles. The van der Waals surface area contributed by atoms with Crippen molar-refractivity contribution in [1.82, 2.24) is 24.9 Å². The van der Waals surface area contributed by atoms with E-state index in [9.17, 15) is 18.3 Å². The van der Waals surface area contributed by atoms with Crippen LogP contribution in [0.1, 0.15) is 18.4 Å². The molecule has 154 valence electrons. The quantitative estimate of drug-likeness (QED) is 0.695. The van der Waals surface area contributed by atoms with E-state index >= 15 is 0 Å². The number of likely N-dealkylation sites (tertiary alicyclic amines) is 1. The molecule has 1 atom stereocenters. The van der Waals surface area contributed by atoms with Crippen LogP contribution in [0.3, 0.4) is 0 Å². The number of phenolic OH excluding ortho intramolecular Hbond substituents is 1. The Balaban J connectivity index is 1.75. The number of aryl methyl sites for hydroxylation is 1. The third-order valence-corrected chi connectivity index (χ3v) is 5.21. The lowest BCUT2D eigenvalue weighted by Gasteiger charge is -2.30.